The molecule has 0 radical (unpaired) electrons. The van der Waals surface area contributed by atoms with Crippen LogP contribution in [-0.4, -0.2) is 22.2 Å². The molecule has 0 aromatic carbocycles. The van der Waals surface area contributed by atoms with Gasteiger partial charge in [0.1, 0.15) is 0 Å². The highest BCUT2D eigenvalue weighted by atomic mass is 16.4. The van der Waals surface area contributed by atoms with Crippen molar-refractivity contribution in [2.75, 3.05) is 0 Å². The third kappa shape index (κ3) is 0.777. The van der Waals surface area contributed by atoms with E-state index in [0.717, 1.165) is 0 Å². The molecular weight excluding hydrogens is 160 g/mol. The Hall–Kier alpha value is -1.06. The Morgan fingerprint density at radius 3 is 1.33 bits per heavy atom. The number of carbonyl (C=O) groups is 2. The van der Waals surface area contributed by atoms with Crippen LogP contribution in [0.3, 0.4) is 0 Å². The van der Waals surface area contributed by atoms with Crippen molar-refractivity contribution in [3.63, 3.8) is 0 Å². The van der Waals surface area contributed by atoms with Gasteiger partial charge in [-0.15, -0.1) is 0 Å². The van der Waals surface area contributed by atoms with Gasteiger partial charge in [0, 0.05) is 0 Å². The summed E-state index contributed by atoms with van der Waals surface area (Å²) in [6.45, 7) is 2.99. The van der Waals surface area contributed by atoms with Crippen LogP contribution in [0.4, 0.5) is 0 Å². The van der Waals surface area contributed by atoms with Gasteiger partial charge in [-0.1, -0.05) is 0 Å². The van der Waals surface area contributed by atoms with Gasteiger partial charge >= 0.3 is 11.9 Å². The molecule has 1 aliphatic rings. The maximum absolute atomic E-state index is 10.8. The standard InChI is InChI=1S/C8H12O4/c1-7(5(9)10)3-4-8(7,2)6(11)12/h3-4H2,1-2H3,(H,9,10)(H,11,12)/t7-,8-/m0/s1. The van der Waals surface area contributed by atoms with E-state index in [4.69, 9.17) is 10.2 Å². The maximum Gasteiger partial charge on any atom is 0.310 e. The van der Waals surface area contributed by atoms with E-state index in [9.17, 15) is 9.59 Å². The van der Waals surface area contributed by atoms with E-state index in [1.807, 2.05) is 0 Å². The van der Waals surface area contributed by atoms with Gasteiger partial charge in [0.2, 0.25) is 0 Å². The van der Waals surface area contributed by atoms with Crippen LogP contribution in [0.25, 0.3) is 0 Å². The van der Waals surface area contributed by atoms with Crippen LogP contribution >= 0.6 is 0 Å². The molecule has 2 N–H and O–H groups in total. The Kier molecular flexibility index (Phi) is 1.67. The molecule has 0 bridgehead atoms. The first-order chi connectivity index (χ1) is 5.34. The molecular formula is C8H12O4. The Balaban J connectivity index is 2.97. The summed E-state index contributed by atoms with van der Waals surface area (Å²) in [6, 6.07) is 0. The second-order valence-corrected chi connectivity index (χ2v) is 3.77. The van der Waals surface area contributed by atoms with Crippen LogP contribution in [-0.2, 0) is 9.59 Å². The zero-order chi connectivity index (χ0) is 9.57. The first-order valence-corrected chi connectivity index (χ1v) is 3.81. The third-order valence-electron chi connectivity index (χ3n) is 3.29. The van der Waals surface area contributed by atoms with Crippen LogP contribution in [0, 0.1) is 10.8 Å². The predicted octanol–water partition coefficient (Wildman–Crippen LogP) is 0.962. The Morgan fingerprint density at radius 1 is 1.00 bits per heavy atom. The molecule has 12 heavy (non-hydrogen) atoms. The van der Waals surface area contributed by atoms with E-state index in [2.05, 4.69) is 0 Å². The minimum Gasteiger partial charge on any atom is -0.481 e. The average molecular weight is 172 g/mol. The molecule has 0 heterocycles. The highest BCUT2D eigenvalue weighted by molar-refractivity contribution is 5.88. The van der Waals surface area contributed by atoms with Crippen LogP contribution in [0.15, 0.2) is 0 Å². The highest BCUT2D eigenvalue weighted by Crippen LogP contribution is 2.56. The van der Waals surface area contributed by atoms with Gasteiger partial charge in [-0.3, -0.25) is 9.59 Å². The third-order valence-corrected chi connectivity index (χ3v) is 3.29. The van der Waals surface area contributed by atoms with E-state index >= 15 is 0 Å². The van der Waals surface area contributed by atoms with Crippen molar-refractivity contribution >= 4 is 11.9 Å². The van der Waals surface area contributed by atoms with Crippen LogP contribution < -0.4 is 0 Å². The van der Waals surface area contributed by atoms with Gasteiger partial charge in [0.15, 0.2) is 0 Å². The summed E-state index contributed by atoms with van der Waals surface area (Å²) in [5, 5.41) is 17.6. The molecule has 0 spiro atoms. The molecule has 68 valence electrons. The van der Waals surface area contributed by atoms with Gasteiger partial charge in [0.05, 0.1) is 10.8 Å². The van der Waals surface area contributed by atoms with Gasteiger partial charge in [0.25, 0.3) is 0 Å². The quantitative estimate of drug-likeness (QED) is 0.650. The number of carboxylic acids is 2. The maximum atomic E-state index is 10.8. The lowest BCUT2D eigenvalue weighted by molar-refractivity contribution is -0.187. The zero-order valence-electron chi connectivity index (χ0n) is 7.13. The number of rotatable bonds is 2. The van der Waals surface area contributed by atoms with Gasteiger partial charge in [-0.05, 0) is 26.7 Å². The summed E-state index contributed by atoms with van der Waals surface area (Å²) >= 11 is 0. The molecule has 0 aromatic heterocycles. The number of carboxylic acid groups (broad SMARTS) is 2. The fraction of sp³-hybridized carbons (Fsp3) is 0.750. The molecule has 4 heteroatoms. The lowest BCUT2D eigenvalue weighted by Crippen LogP contribution is -2.56. The van der Waals surface area contributed by atoms with Crippen molar-refractivity contribution in [3.8, 4) is 0 Å². The van der Waals surface area contributed by atoms with E-state index in [-0.39, 0.29) is 0 Å². The molecule has 1 rings (SSSR count). The van der Waals surface area contributed by atoms with Gasteiger partial charge in [-0.2, -0.15) is 0 Å². The lowest BCUT2D eigenvalue weighted by Gasteiger charge is -2.49. The summed E-state index contributed by atoms with van der Waals surface area (Å²) in [5.74, 6) is -2.03. The molecule has 0 amide bonds. The fourth-order valence-corrected chi connectivity index (χ4v) is 1.56. The number of aliphatic carboxylic acids is 2. The number of hydrogen-bond acceptors (Lipinski definition) is 2. The fourth-order valence-electron chi connectivity index (χ4n) is 1.56. The molecule has 0 aromatic rings. The molecule has 1 fully saturated rings. The van der Waals surface area contributed by atoms with Crippen molar-refractivity contribution < 1.29 is 19.8 Å². The first-order valence-electron chi connectivity index (χ1n) is 3.81. The predicted molar refractivity (Wildman–Crippen MR) is 40.7 cm³/mol. The van der Waals surface area contributed by atoms with Crippen molar-refractivity contribution in [1.29, 1.82) is 0 Å². The topological polar surface area (TPSA) is 74.6 Å². The second-order valence-electron chi connectivity index (χ2n) is 3.77. The van der Waals surface area contributed by atoms with E-state index in [0.29, 0.717) is 12.8 Å². The highest BCUT2D eigenvalue weighted by Gasteiger charge is 2.62. The first kappa shape index (κ1) is 9.03. The monoisotopic (exact) mass is 172 g/mol. The summed E-state index contributed by atoms with van der Waals surface area (Å²) in [7, 11) is 0. The molecule has 0 saturated heterocycles. The summed E-state index contributed by atoms with van der Waals surface area (Å²) in [4.78, 5) is 21.5. The average Bonchev–Trinajstić information content (AvgIpc) is 1.98. The summed E-state index contributed by atoms with van der Waals surface area (Å²) < 4.78 is 0. The van der Waals surface area contributed by atoms with E-state index < -0.39 is 22.8 Å². The van der Waals surface area contributed by atoms with Gasteiger partial charge < -0.3 is 10.2 Å². The van der Waals surface area contributed by atoms with Crippen molar-refractivity contribution in [2.45, 2.75) is 26.7 Å². The van der Waals surface area contributed by atoms with Gasteiger partial charge in [-0.25, -0.2) is 0 Å². The summed E-state index contributed by atoms with van der Waals surface area (Å²) in [6.07, 6.45) is 0.899. The van der Waals surface area contributed by atoms with Crippen LogP contribution in [0.5, 0.6) is 0 Å². The van der Waals surface area contributed by atoms with Crippen LogP contribution in [0.1, 0.15) is 26.7 Å². The molecule has 2 atom stereocenters. The molecule has 1 saturated carbocycles. The smallest absolute Gasteiger partial charge is 0.310 e. The number of hydrogen-bond donors (Lipinski definition) is 2. The Morgan fingerprint density at radius 2 is 1.25 bits per heavy atom. The Bertz CT molecular complexity index is 221. The van der Waals surface area contributed by atoms with Crippen molar-refractivity contribution in [3.05, 3.63) is 0 Å². The minimum atomic E-state index is -1.08. The normalized spacial score (nSPS) is 40.2. The largest absolute Gasteiger partial charge is 0.481 e. The SMILES string of the molecule is C[C@@]1(C(=O)O)CC[C@@]1(C)C(=O)O. The van der Waals surface area contributed by atoms with Crippen molar-refractivity contribution in [1.82, 2.24) is 0 Å². The lowest BCUT2D eigenvalue weighted by atomic mass is 9.51. The zero-order valence-corrected chi connectivity index (χ0v) is 7.13. The molecule has 4 nitrogen and oxygen atoms in total. The van der Waals surface area contributed by atoms with Crippen molar-refractivity contribution in [2.24, 2.45) is 10.8 Å². The Labute approximate surface area is 70.2 Å². The molecule has 1 aliphatic carbocycles. The minimum absolute atomic E-state index is 0.450. The van der Waals surface area contributed by atoms with Crippen LogP contribution in [0.2, 0.25) is 0 Å². The van der Waals surface area contributed by atoms with E-state index in [1.165, 1.54) is 13.8 Å². The molecule has 0 unspecified atom stereocenters. The van der Waals surface area contributed by atoms with E-state index in [1.54, 1.807) is 0 Å². The second kappa shape index (κ2) is 2.21. The molecule has 0 aliphatic heterocycles. The summed E-state index contributed by atoms with van der Waals surface area (Å²) in [5.41, 5.74) is -2.17.